The van der Waals surface area contributed by atoms with Gasteiger partial charge in [0.15, 0.2) is 0 Å². The molecular weight excluding hydrogens is 122 g/mol. The molecule has 0 bridgehead atoms. The Morgan fingerprint density at radius 2 is 1.30 bits per heavy atom. The Kier molecular flexibility index (Phi) is 4.06. The van der Waals surface area contributed by atoms with Crippen LogP contribution in [0.5, 0.6) is 0 Å². The van der Waals surface area contributed by atoms with Crippen LogP contribution in [0.25, 0.3) is 0 Å². The second-order valence-corrected chi connectivity index (χ2v) is 3.35. The first-order valence-corrected chi connectivity index (χ1v) is 3.85. The lowest BCUT2D eigenvalue weighted by Gasteiger charge is -2.28. The van der Waals surface area contributed by atoms with Crippen LogP contribution in [0.2, 0.25) is 20.5 Å². The van der Waals surface area contributed by atoms with Crippen molar-refractivity contribution in [3.8, 4) is 0 Å². The monoisotopic (exact) mass is 140 g/mol. The zero-order valence-corrected chi connectivity index (χ0v) is 8.05. The lowest BCUT2D eigenvalue weighted by atomic mass is 9.56. The first-order chi connectivity index (χ1) is 4.46. The summed E-state index contributed by atoms with van der Waals surface area (Å²) in [5, 5.41) is 0. The second-order valence-electron chi connectivity index (χ2n) is 3.35. The fourth-order valence-corrected chi connectivity index (χ4v) is 0.796. The highest BCUT2D eigenvalue weighted by Crippen LogP contribution is 1.96. The Morgan fingerprint density at radius 1 is 0.900 bits per heavy atom. The van der Waals surface area contributed by atoms with Crippen molar-refractivity contribution >= 4 is 13.8 Å². The maximum Gasteiger partial charge on any atom is 0.295 e. The highest BCUT2D eigenvalue weighted by atomic mass is 15.1. The van der Waals surface area contributed by atoms with Crippen LogP contribution in [-0.4, -0.2) is 44.5 Å². The van der Waals surface area contributed by atoms with E-state index in [4.69, 9.17) is 0 Å². The van der Waals surface area contributed by atoms with Crippen molar-refractivity contribution in [3.05, 3.63) is 0 Å². The molecule has 0 aromatic carbocycles. The molecule has 10 heavy (non-hydrogen) atoms. The van der Waals surface area contributed by atoms with E-state index < -0.39 is 0 Å². The number of rotatable bonds is 3. The molecule has 0 spiro atoms. The van der Waals surface area contributed by atoms with Crippen molar-refractivity contribution in [1.82, 2.24) is 9.53 Å². The Morgan fingerprint density at radius 3 is 1.40 bits per heavy atom. The third-order valence-electron chi connectivity index (χ3n) is 2.15. The molecule has 0 heterocycles. The Labute approximate surface area is 65.8 Å². The zero-order valence-electron chi connectivity index (χ0n) is 8.05. The van der Waals surface area contributed by atoms with E-state index in [0.717, 1.165) is 0 Å². The third-order valence-corrected chi connectivity index (χ3v) is 2.15. The molecule has 0 saturated heterocycles. The molecule has 0 rings (SSSR count). The van der Waals surface area contributed by atoms with E-state index in [2.05, 4.69) is 51.1 Å². The van der Waals surface area contributed by atoms with E-state index in [1.165, 1.54) is 0 Å². The van der Waals surface area contributed by atoms with Crippen molar-refractivity contribution in [2.24, 2.45) is 0 Å². The Balaban J connectivity index is 3.81. The van der Waals surface area contributed by atoms with Crippen LogP contribution < -0.4 is 0 Å². The summed E-state index contributed by atoms with van der Waals surface area (Å²) in [4.78, 5) is 2.21. The fourth-order valence-electron chi connectivity index (χ4n) is 0.796. The highest BCUT2D eigenvalue weighted by Gasteiger charge is 2.19. The third kappa shape index (κ3) is 2.76. The average Bonchev–Trinajstić information content (AvgIpc) is 1.84. The first-order valence-electron chi connectivity index (χ1n) is 3.85. The largest absolute Gasteiger partial charge is 0.373 e. The summed E-state index contributed by atoms with van der Waals surface area (Å²) < 4.78 is 2.33. The smallest absolute Gasteiger partial charge is 0.295 e. The maximum atomic E-state index is 2.33. The molecule has 0 aromatic rings. The fraction of sp³-hybridized carbons (Fsp3) is 1.00. The molecule has 0 amide bonds. The first kappa shape index (κ1) is 10.0. The number of nitrogens with zero attached hydrogens (tertiary/aromatic N) is 2. The van der Waals surface area contributed by atoms with Crippen molar-refractivity contribution in [2.45, 2.75) is 20.5 Å². The van der Waals surface area contributed by atoms with Crippen LogP contribution in [0.4, 0.5) is 0 Å². The zero-order chi connectivity index (χ0) is 8.31. The molecule has 0 aliphatic carbocycles. The molecule has 2 nitrogen and oxygen atoms in total. The molecule has 0 radical (unpaired) electrons. The predicted molar refractivity (Wildman–Crippen MR) is 50.6 cm³/mol. The van der Waals surface area contributed by atoms with Gasteiger partial charge in [-0.05, 0) is 21.1 Å². The van der Waals surface area contributed by atoms with Gasteiger partial charge in [0.25, 0.3) is 6.98 Å². The van der Waals surface area contributed by atoms with Crippen molar-refractivity contribution in [1.29, 1.82) is 0 Å². The molecule has 0 aliphatic heterocycles. The van der Waals surface area contributed by atoms with Crippen molar-refractivity contribution in [3.63, 3.8) is 0 Å². The van der Waals surface area contributed by atoms with E-state index >= 15 is 0 Å². The van der Waals surface area contributed by atoms with Gasteiger partial charge in [-0.1, -0.05) is 20.5 Å². The van der Waals surface area contributed by atoms with Gasteiger partial charge in [0.2, 0.25) is 6.85 Å². The average molecular weight is 140 g/mol. The van der Waals surface area contributed by atoms with Crippen LogP contribution in [0.1, 0.15) is 0 Å². The van der Waals surface area contributed by atoms with Gasteiger partial charge >= 0.3 is 0 Å². The summed E-state index contributed by atoms with van der Waals surface area (Å²) in [7, 11) is 6.35. The standard InChI is InChI=1S/C6H18B2N2/c1-7(2)10(6)8(3)9(4)5/h1-6H3. The van der Waals surface area contributed by atoms with Gasteiger partial charge in [0.05, 0.1) is 0 Å². The lowest BCUT2D eigenvalue weighted by Crippen LogP contribution is -2.50. The lowest BCUT2D eigenvalue weighted by molar-refractivity contribution is 0.579. The van der Waals surface area contributed by atoms with Gasteiger partial charge < -0.3 is 9.53 Å². The number of hydrogen-bond donors (Lipinski definition) is 0. The molecule has 0 fully saturated rings. The van der Waals surface area contributed by atoms with Gasteiger partial charge in [-0.25, -0.2) is 0 Å². The Hall–Kier alpha value is 0.0499. The van der Waals surface area contributed by atoms with Crippen LogP contribution in [-0.2, 0) is 0 Å². The van der Waals surface area contributed by atoms with E-state index in [1.807, 2.05) is 0 Å². The molecule has 58 valence electrons. The molecule has 0 aliphatic rings. The van der Waals surface area contributed by atoms with Crippen LogP contribution in [0, 0.1) is 0 Å². The Bertz CT molecular complexity index is 83.7. The molecule has 0 saturated carbocycles. The second kappa shape index (κ2) is 4.04. The quantitative estimate of drug-likeness (QED) is 0.536. The van der Waals surface area contributed by atoms with Crippen LogP contribution in [0.3, 0.4) is 0 Å². The van der Waals surface area contributed by atoms with E-state index in [1.54, 1.807) is 0 Å². The van der Waals surface area contributed by atoms with Crippen LogP contribution >= 0.6 is 0 Å². The van der Waals surface area contributed by atoms with Gasteiger partial charge in [-0.15, -0.1) is 0 Å². The van der Waals surface area contributed by atoms with Crippen molar-refractivity contribution in [2.75, 3.05) is 21.1 Å². The minimum atomic E-state index is 0.528. The predicted octanol–water partition coefficient (Wildman–Crippen LogP) is 0.849. The minimum Gasteiger partial charge on any atom is -0.373 e. The molecule has 4 heteroatoms. The maximum absolute atomic E-state index is 2.33. The van der Waals surface area contributed by atoms with Gasteiger partial charge in [0, 0.05) is 0 Å². The van der Waals surface area contributed by atoms with Gasteiger partial charge in [0.1, 0.15) is 0 Å². The minimum absolute atomic E-state index is 0.528. The summed E-state index contributed by atoms with van der Waals surface area (Å²) in [6, 6.07) is 0. The topological polar surface area (TPSA) is 6.48 Å². The molecule has 0 atom stereocenters. The highest BCUT2D eigenvalue weighted by molar-refractivity contribution is 6.68. The molecular formula is C6H18B2N2. The summed E-state index contributed by atoms with van der Waals surface area (Å²) in [6.45, 7) is 7.78. The van der Waals surface area contributed by atoms with Gasteiger partial charge in [-0.2, -0.15) is 0 Å². The summed E-state index contributed by atoms with van der Waals surface area (Å²) in [6.07, 6.45) is 0. The SMILES string of the molecule is CB(C)N(C)B(C)N(C)C. The normalized spacial score (nSPS) is 10.8. The summed E-state index contributed by atoms with van der Waals surface area (Å²) in [5.41, 5.74) is 0. The number of hydrogen-bond acceptors (Lipinski definition) is 2. The molecule has 0 N–H and O–H groups in total. The van der Waals surface area contributed by atoms with E-state index in [-0.39, 0.29) is 0 Å². The summed E-state index contributed by atoms with van der Waals surface area (Å²) >= 11 is 0. The van der Waals surface area contributed by atoms with Crippen molar-refractivity contribution < 1.29 is 0 Å². The summed E-state index contributed by atoms with van der Waals surface area (Å²) in [5.74, 6) is 0. The van der Waals surface area contributed by atoms with Gasteiger partial charge in [-0.3, -0.25) is 0 Å². The van der Waals surface area contributed by atoms with E-state index in [9.17, 15) is 0 Å². The van der Waals surface area contributed by atoms with E-state index in [0.29, 0.717) is 13.8 Å². The van der Waals surface area contributed by atoms with Crippen LogP contribution in [0.15, 0.2) is 0 Å². The molecule has 0 aromatic heterocycles. The molecule has 0 unspecified atom stereocenters.